The van der Waals surface area contributed by atoms with Gasteiger partial charge in [0.15, 0.2) is 0 Å². The van der Waals surface area contributed by atoms with Crippen LogP contribution in [0.25, 0.3) is 21.9 Å². The standard InChI is InChI=1S/C72H76BN3O/c1-44-37-61-65-62(38-44)76(58-34-32-52(68(5,6)7)66-64(58)50-23-19-20-24-63(50)77-66)59-40-49(74(46-21-17-16-18-22-46)47-27-25-45(26-28-47)67(2,3)4)30-33-56(59)73(65)57-41-54-55(72(14,15)43-71(54,12)13)42-60(57)75(61)48-29-31-51-53(39-48)70(10,11)36-35-69(51,8)9/h16-34,37-42H,35-36,43H2,1-15H3. The van der Waals surface area contributed by atoms with Crippen molar-refractivity contribution in [1.29, 1.82) is 0 Å². The monoisotopic (exact) mass is 1010 g/mol. The summed E-state index contributed by atoms with van der Waals surface area (Å²) in [6.07, 6.45) is 3.44. The van der Waals surface area contributed by atoms with Crippen molar-refractivity contribution in [3.63, 3.8) is 0 Å². The Kier molecular flexibility index (Phi) is 10.6. The van der Waals surface area contributed by atoms with Gasteiger partial charge in [-0.3, -0.25) is 0 Å². The zero-order valence-electron chi connectivity index (χ0n) is 48.4. The van der Waals surface area contributed by atoms with E-state index in [2.05, 4.69) is 270 Å². The maximum Gasteiger partial charge on any atom is 0.252 e. The molecule has 0 amide bonds. The first-order valence-electron chi connectivity index (χ1n) is 28.5. The van der Waals surface area contributed by atoms with Gasteiger partial charge in [-0.05, 0) is 187 Å². The Morgan fingerprint density at radius 3 is 1.77 bits per heavy atom. The van der Waals surface area contributed by atoms with E-state index < -0.39 is 0 Å². The third-order valence-electron chi connectivity index (χ3n) is 18.6. The highest BCUT2D eigenvalue weighted by atomic mass is 16.3. The minimum absolute atomic E-state index is 0.00532. The number of para-hydroxylation sites is 2. The van der Waals surface area contributed by atoms with Crippen molar-refractivity contribution in [2.24, 2.45) is 0 Å². The van der Waals surface area contributed by atoms with Crippen molar-refractivity contribution < 1.29 is 4.42 Å². The molecule has 0 bridgehead atoms. The van der Waals surface area contributed by atoms with Crippen LogP contribution in [0.5, 0.6) is 0 Å². The van der Waals surface area contributed by atoms with Crippen LogP contribution in [-0.4, -0.2) is 6.71 Å². The van der Waals surface area contributed by atoms with Crippen LogP contribution < -0.4 is 31.1 Å². The lowest BCUT2D eigenvalue weighted by Crippen LogP contribution is -2.61. The molecule has 3 heterocycles. The molecule has 4 aliphatic rings. The zero-order chi connectivity index (χ0) is 54.1. The predicted molar refractivity (Wildman–Crippen MR) is 331 cm³/mol. The first-order valence-corrected chi connectivity index (χ1v) is 28.5. The summed E-state index contributed by atoms with van der Waals surface area (Å²) >= 11 is 0. The smallest absolute Gasteiger partial charge is 0.252 e. The summed E-state index contributed by atoms with van der Waals surface area (Å²) in [6, 6.07) is 58.7. The molecule has 8 aromatic carbocycles. The number of benzene rings is 8. The number of rotatable bonds is 5. The summed E-state index contributed by atoms with van der Waals surface area (Å²) < 4.78 is 7.06. The van der Waals surface area contributed by atoms with Crippen LogP contribution in [0.15, 0.2) is 156 Å². The minimum atomic E-state index is -0.157. The molecule has 0 radical (unpaired) electrons. The summed E-state index contributed by atoms with van der Waals surface area (Å²) in [5.74, 6) is 0. The van der Waals surface area contributed by atoms with Crippen molar-refractivity contribution in [2.75, 3.05) is 14.7 Å². The second-order valence-corrected chi connectivity index (χ2v) is 28.1. The molecular weight excluding hydrogens is 934 g/mol. The fourth-order valence-electron chi connectivity index (χ4n) is 14.7. The van der Waals surface area contributed by atoms with E-state index in [1.165, 1.54) is 90.2 Å². The Balaban J connectivity index is 1.15. The fourth-order valence-corrected chi connectivity index (χ4v) is 14.7. The lowest BCUT2D eigenvalue weighted by molar-refractivity contribution is 0.332. The van der Waals surface area contributed by atoms with E-state index in [1.807, 2.05) is 0 Å². The van der Waals surface area contributed by atoms with Gasteiger partial charge in [0.2, 0.25) is 0 Å². The van der Waals surface area contributed by atoms with Crippen LogP contribution >= 0.6 is 0 Å². The highest BCUT2D eigenvalue weighted by molar-refractivity contribution is 7.00. The third kappa shape index (κ3) is 7.60. The van der Waals surface area contributed by atoms with Crippen LogP contribution in [0.3, 0.4) is 0 Å². The first kappa shape index (κ1) is 49.6. The molecular formula is C72H76BN3O. The highest BCUT2D eigenvalue weighted by Gasteiger charge is 2.49. The normalized spacial score (nSPS) is 17.5. The maximum absolute atomic E-state index is 7.06. The zero-order valence-corrected chi connectivity index (χ0v) is 48.4. The predicted octanol–water partition coefficient (Wildman–Crippen LogP) is 18.3. The molecule has 0 saturated carbocycles. The topological polar surface area (TPSA) is 22.9 Å². The van der Waals surface area contributed by atoms with Crippen molar-refractivity contribution in [2.45, 2.75) is 156 Å². The second-order valence-electron chi connectivity index (χ2n) is 28.1. The summed E-state index contributed by atoms with van der Waals surface area (Å²) in [5.41, 5.74) is 26.2. The van der Waals surface area contributed by atoms with E-state index in [9.17, 15) is 0 Å². The first-order chi connectivity index (χ1) is 36.3. The molecule has 2 aliphatic carbocycles. The molecule has 4 nitrogen and oxygen atoms in total. The van der Waals surface area contributed by atoms with E-state index in [4.69, 9.17) is 4.42 Å². The second kappa shape index (κ2) is 16.5. The molecule has 1 aromatic heterocycles. The Hall–Kier alpha value is -6.98. The quantitative estimate of drug-likeness (QED) is 0.160. The van der Waals surface area contributed by atoms with E-state index >= 15 is 0 Å². The van der Waals surface area contributed by atoms with Gasteiger partial charge in [-0.1, -0.05) is 170 Å². The fraction of sp³-hybridized carbons (Fsp3) is 0.333. The van der Waals surface area contributed by atoms with Crippen LogP contribution in [0.1, 0.15) is 155 Å². The molecule has 5 heteroatoms. The van der Waals surface area contributed by atoms with Gasteiger partial charge in [-0.2, -0.15) is 0 Å². The number of nitrogens with zero attached hydrogens (tertiary/aromatic N) is 3. The third-order valence-corrected chi connectivity index (χ3v) is 18.6. The van der Waals surface area contributed by atoms with Crippen molar-refractivity contribution in [3.05, 3.63) is 191 Å². The van der Waals surface area contributed by atoms with Crippen molar-refractivity contribution in [3.8, 4) is 0 Å². The number of hydrogen-bond acceptors (Lipinski definition) is 4. The molecule has 388 valence electrons. The molecule has 0 fully saturated rings. The summed E-state index contributed by atoms with van der Waals surface area (Å²) in [5, 5.41) is 2.27. The van der Waals surface area contributed by atoms with Crippen LogP contribution in [0, 0.1) is 6.92 Å². The van der Waals surface area contributed by atoms with E-state index in [-0.39, 0.29) is 39.2 Å². The lowest BCUT2D eigenvalue weighted by Gasteiger charge is -2.46. The summed E-state index contributed by atoms with van der Waals surface area (Å²) in [7, 11) is 0. The van der Waals surface area contributed by atoms with Crippen LogP contribution in [0.2, 0.25) is 0 Å². The number of furan rings is 1. The summed E-state index contributed by atoms with van der Waals surface area (Å²) in [6.45, 7) is 35.7. The number of anilines is 9. The van der Waals surface area contributed by atoms with Gasteiger partial charge in [0.25, 0.3) is 6.71 Å². The maximum atomic E-state index is 7.06. The van der Waals surface area contributed by atoms with Gasteiger partial charge in [0.05, 0.1) is 11.1 Å². The Morgan fingerprint density at radius 2 is 1.08 bits per heavy atom. The largest absolute Gasteiger partial charge is 0.456 e. The highest BCUT2D eigenvalue weighted by Crippen LogP contribution is 2.55. The Bertz CT molecular complexity index is 3890. The number of hydrogen-bond donors (Lipinski definition) is 0. The van der Waals surface area contributed by atoms with Gasteiger partial charge in [0.1, 0.15) is 11.2 Å². The molecule has 77 heavy (non-hydrogen) atoms. The van der Waals surface area contributed by atoms with Crippen LogP contribution in [-0.2, 0) is 32.5 Å². The SMILES string of the molecule is Cc1cc2c3c(c1)N(c1ccc(C(C)(C)C)c4oc5ccccc5c14)c1cc(N(c4ccccc4)c4ccc(C(C)(C)C)cc4)ccc1B3c1cc3c(cc1N2c1ccc2c(c1)C(C)(C)CCC2(C)C)C(C)(C)CC3(C)C. The summed E-state index contributed by atoms with van der Waals surface area (Å²) in [4.78, 5) is 7.76. The van der Waals surface area contributed by atoms with E-state index in [0.29, 0.717) is 0 Å². The Labute approximate surface area is 459 Å². The minimum Gasteiger partial charge on any atom is -0.456 e. The molecule has 0 N–H and O–H groups in total. The molecule has 0 spiro atoms. The van der Waals surface area contributed by atoms with Crippen LogP contribution in [0.4, 0.5) is 51.2 Å². The molecule has 9 aromatic rings. The lowest BCUT2D eigenvalue weighted by atomic mass is 9.33. The molecule has 13 rings (SSSR count). The number of fused-ring (bicyclic) bond motifs is 9. The van der Waals surface area contributed by atoms with E-state index in [1.54, 1.807) is 0 Å². The van der Waals surface area contributed by atoms with Gasteiger partial charge in [-0.15, -0.1) is 0 Å². The van der Waals surface area contributed by atoms with Crippen molar-refractivity contribution >= 4 is 96.2 Å². The molecule has 0 unspecified atom stereocenters. The van der Waals surface area contributed by atoms with Gasteiger partial charge in [0, 0.05) is 56.4 Å². The van der Waals surface area contributed by atoms with Gasteiger partial charge >= 0.3 is 0 Å². The van der Waals surface area contributed by atoms with E-state index in [0.717, 1.165) is 57.5 Å². The van der Waals surface area contributed by atoms with Crippen molar-refractivity contribution in [1.82, 2.24) is 0 Å². The average molecular weight is 1010 g/mol. The Morgan fingerprint density at radius 1 is 0.481 bits per heavy atom. The molecule has 2 aliphatic heterocycles. The molecule has 0 atom stereocenters. The van der Waals surface area contributed by atoms with Gasteiger partial charge in [-0.25, -0.2) is 0 Å². The van der Waals surface area contributed by atoms with Gasteiger partial charge < -0.3 is 19.1 Å². The molecule has 0 saturated heterocycles. The number of aryl methyl sites for hydroxylation is 1. The average Bonchev–Trinajstić information content (AvgIpc) is 4.07.